The summed E-state index contributed by atoms with van der Waals surface area (Å²) in [5, 5.41) is 3.52. The van der Waals surface area contributed by atoms with Gasteiger partial charge < -0.3 is 10.1 Å². The van der Waals surface area contributed by atoms with Gasteiger partial charge in [-0.3, -0.25) is 0 Å². The molecule has 1 aromatic carbocycles. The highest BCUT2D eigenvalue weighted by Crippen LogP contribution is 2.29. The minimum absolute atomic E-state index is 0.849. The molecule has 0 aromatic heterocycles. The fraction of sp³-hybridized carbons (Fsp3) is 0.538. The van der Waals surface area contributed by atoms with Crippen LogP contribution >= 0.6 is 0 Å². The zero-order chi connectivity index (χ0) is 10.1. The number of hydrogen-bond acceptors (Lipinski definition) is 2. The average Bonchev–Trinajstić information content (AvgIpc) is 2.62. The van der Waals surface area contributed by atoms with E-state index in [9.17, 15) is 0 Å². The van der Waals surface area contributed by atoms with Crippen LogP contribution in [0.3, 0.4) is 0 Å². The average molecular weight is 203 g/mol. The van der Waals surface area contributed by atoms with Crippen LogP contribution in [0.25, 0.3) is 0 Å². The summed E-state index contributed by atoms with van der Waals surface area (Å²) in [4.78, 5) is 0. The molecule has 3 rings (SSSR count). The molecule has 1 aliphatic heterocycles. The van der Waals surface area contributed by atoms with Gasteiger partial charge in [0.2, 0.25) is 0 Å². The van der Waals surface area contributed by atoms with Crippen LogP contribution in [0, 0.1) is 5.92 Å². The fourth-order valence-corrected chi connectivity index (χ4v) is 2.26. The summed E-state index contributed by atoms with van der Waals surface area (Å²) < 4.78 is 5.48. The van der Waals surface area contributed by atoms with E-state index in [0.717, 1.165) is 31.2 Å². The number of nitrogens with one attached hydrogen (secondary N) is 1. The Labute approximate surface area is 90.6 Å². The Morgan fingerprint density at radius 2 is 2.27 bits per heavy atom. The second-order valence-corrected chi connectivity index (χ2v) is 4.60. The van der Waals surface area contributed by atoms with Crippen molar-refractivity contribution in [1.82, 2.24) is 0 Å². The lowest BCUT2D eigenvalue weighted by Gasteiger charge is -2.25. The molecule has 2 nitrogen and oxygen atoms in total. The third-order valence-corrected chi connectivity index (χ3v) is 3.51. The van der Waals surface area contributed by atoms with E-state index in [1.165, 1.54) is 30.5 Å². The first-order chi connectivity index (χ1) is 7.42. The van der Waals surface area contributed by atoms with E-state index < -0.39 is 0 Å². The van der Waals surface area contributed by atoms with Crippen molar-refractivity contribution in [2.24, 2.45) is 5.92 Å². The molecule has 80 valence electrons. The molecule has 0 spiro atoms. The lowest BCUT2D eigenvalue weighted by molar-refractivity contribution is 0.333. The van der Waals surface area contributed by atoms with E-state index in [4.69, 9.17) is 4.74 Å². The predicted octanol–water partition coefficient (Wildman–Crippen LogP) is 2.83. The van der Waals surface area contributed by atoms with E-state index in [0.29, 0.717) is 0 Å². The monoisotopic (exact) mass is 203 g/mol. The summed E-state index contributed by atoms with van der Waals surface area (Å²) in [7, 11) is 0. The van der Waals surface area contributed by atoms with Gasteiger partial charge in [-0.2, -0.15) is 0 Å². The van der Waals surface area contributed by atoms with Crippen LogP contribution in [0.4, 0.5) is 5.69 Å². The summed E-state index contributed by atoms with van der Waals surface area (Å²) in [5.74, 6) is 1.98. The van der Waals surface area contributed by atoms with Crippen LogP contribution in [0.5, 0.6) is 5.75 Å². The Hall–Kier alpha value is -1.18. The maximum Gasteiger partial charge on any atom is 0.122 e. The van der Waals surface area contributed by atoms with Gasteiger partial charge in [-0.25, -0.2) is 0 Å². The van der Waals surface area contributed by atoms with E-state index in [1.54, 1.807) is 0 Å². The Morgan fingerprint density at radius 1 is 1.33 bits per heavy atom. The number of anilines is 1. The molecule has 1 N–H and O–H groups in total. The summed E-state index contributed by atoms with van der Waals surface area (Å²) >= 11 is 0. The van der Waals surface area contributed by atoms with Crippen molar-refractivity contribution in [3.05, 3.63) is 23.8 Å². The minimum Gasteiger partial charge on any atom is -0.493 e. The van der Waals surface area contributed by atoms with Gasteiger partial charge in [0.05, 0.1) is 6.61 Å². The quantitative estimate of drug-likeness (QED) is 0.815. The van der Waals surface area contributed by atoms with Gasteiger partial charge in [-0.1, -0.05) is 6.42 Å². The van der Waals surface area contributed by atoms with Gasteiger partial charge in [0.25, 0.3) is 0 Å². The van der Waals surface area contributed by atoms with E-state index in [1.807, 2.05) is 0 Å². The Bertz CT molecular complexity index is 358. The van der Waals surface area contributed by atoms with Crippen molar-refractivity contribution in [3.63, 3.8) is 0 Å². The van der Waals surface area contributed by atoms with Gasteiger partial charge in [0, 0.05) is 18.7 Å². The Morgan fingerprint density at radius 3 is 3.07 bits per heavy atom. The van der Waals surface area contributed by atoms with Crippen molar-refractivity contribution < 1.29 is 4.74 Å². The molecule has 1 aromatic rings. The molecule has 0 amide bonds. The van der Waals surface area contributed by atoms with Crippen molar-refractivity contribution in [2.75, 3.05) is 18.5 Å². The van der Waals surface area contributed by atoms with Crippen LogP contribution in [-0.2, 0) is 6.42 Å². The third kappa shape index (κ3) is 1.81. The maximum absolute atomic E-state index is 5.48. The first kappa shape index (κ1) is 9.08. The van der Waals surface area contributed by atoms with Gasteiger partial charge in [0.1, 0.15) is 5.75 Å². The summed E-state index contributed by atoms with van der Waals surface area (Å²) in [6, 6.07) is 6.45. The molecule has 1 heterocycles. The summed E-state index contributed by atoms with van der Waals surface area (Å²) in [6.45, 7) is 1.99. The highest BCUT2D eigenvalue weighted by molar-refractivity contribution is 5.52. The topological polar surface area (TPSA) is 21.3 Å². The van der Waals surface area contributed by atoms with Crippen LogP contribution in [-0.4, -0.2) is 13.2 Å². The maximum atomic E-state index is 5.48. The molecule has 0 unspecified atom stereocenters. The van der Waals surface area contributed by atoms with Gasteiger partial charge in [-0.05, 0) is 42.5 Å². The number of fused-ring (bicyclic) bond motifs is 1. The van der Waals surface area contributed by atoms with E-state index in [-0.39, 0.29) is 0 Å². The first-order valence-electron chi connectivity index (χ1n) is 5.91. The van der Waals surface area contributed by atoms with Crippen molar-refractivity contribution in [1.29, 1.82) is 0 Å². The fourth-order valence-electron chi connectivity index (χ4n) is 2.26. The summed E-state index contributed by atoms with van der Waals surface area (Å²) in [6.07, 6.45) is 5.29. The van der Waals surface area contributed by atoms with Crippen molar-refractivity contribution in [2.45, 2.75) is 25.7 Å². The van der Waals surface area contributed by atoms with Crippen LogP contribution in [0.1, 0.15) is 24.8 Å². The second-order valence-electron chi connectivity index (χ2n) is 4.60. The molecule has 0 radical (unpaired) electrons. The first-order valence-corrected chi connectivity index (χ1v) is 5.91. The van der Waals surface area contributed by atoms with Crippen LogP contribution < -0.4 is 10.1 Å². The number of rotatable bonds is 3. The zero-order valence-corrected chi connectivity index (χ0v) is 8.96. The molecule has 2 aliphatic rings. The highest BCUT2D eigenvalue weighted by atomic mass is 16.5. The Kier molecular flexibility index (Phi) is 2.28. The van der Waals surface area contributed by atoms with Crippen LogP contribution in [0.2, 0.25) is 0 Å². The molecule has 1 saturated carbocycles. The standard InChI is InChI=1S/C13H17NO/c1-2-10(3-1)9-14-12-4-5-13-11(8-12)6-7-15-13/h4-5,8,10,14H,1-3,6-7,9H2. The number of benzene rings is 1. The minimum atomic E-state index is 0.849. The van der Waals surface area contributed by atoms with Gasteiger partial charge in [0.15, 0.2) is 0 Å². The molecule has 2 heteroatoms. The van der Waals surface area contributed by atoms with Gasteiger partial charge >= 0.3 is 0 Å². The zero-order valence-electron chi connectivity index (χ0n) is 8.96. The molecule has 0 atom stereocenters. The number of hydrogen-bond donors (Lipinski definition) is 1. The van der Waals surface area contributed by atoms with Crippen molar-refractivity contribution >= 4 is 5.69 Å². The smallest absolute Gasteiger partial charge is 0.122 e. The molecule has 0 bridgehead atoms. The third-order valence-electron chi connectivity index (χ3n) is 3.51. The molecule has 0 saturated heterocycles. The number of ether oxygens (including phenoxy) is 1. The molecular weight excluding hydrogens is 186 g/mol. The SMILES string of the molecule is c1cc2c(cc1NCC1CCC1)CCO2. The molecule has 1 aliphatic carbocycles. The van der Waals surface area contributed by atoms with E-state index >= 15 is 0 Å². The second kappa shape index (κ2) is 3.76. The molecule has 1 fully saturated rings. The molecular formula is C13H17NO. The highest BCUT2D eigenvalue weighted by Gasteiger charge is 2.17. The largest absolute Gasteiger partial charge is 0.493 e. The summed E-state index contributed by atoms with van der Waals surface area (Å²) in [5.41, 5.74) is 2.61. The van der Waals surface area contributed by atoms with Crippen molar-refractivity contribution in [3.8, 4) is 5.75 Å². The Balaban J connectivity index is 1.64. The lowest BCUT2D eigenvalue weighted by atomic mass is 9.85. The van der Waals surface area contributed by atoms with Crippen LogP contribution in [0.15, 0.2) is 18.2 Å². The van der Waals surface area contributed by atoms with E-state index in [2.05, 4.69) is 23.5 Å². The molecule has 15 heavy (non-hydrogen) atoms. The van der Waals surface area contributed by atoms with Gasteiger partial charge in [-0.15, -0.1) is 0 Å². The predicted molar refractivity (Wildman–Crippen MR) is 61.5 cm³/mol. The lowest BCUT2D eigenvalue weighted by Crippen LogP contribution is -2.20. The normalized spacial score (nSPS) is 19.2.